The van der Waals surface area contributed by atoms with E-state index in [0.717, 1.165) is 11.6 Å². The lowest BCUT2D eigenvalue weighted by Crippen LogP contribution is -2.01. The summed E-state index contributed by atoms with van der Waals surface area (Å²) in [6, 6.07) is 11.6. The number of rotatable bonds is 5. The molecule has 0 aliphatic carbocycles. The summed E-state index contributed by atoms with van der Waals surface area (Å²) in [5, 5.41) is 0.00116. The van der Waals surface area contributed by atoms with Crippen molar-refractivity contribution in [1.82, 2.24) is 0 Å². The van der Waals surface area contributed by atoms with Crippen LogP contribution >= 0.6 is 22.3 Å². The van der Waals surface area contributed by atoms with Gasteiger partial charge in [0, 0.05) is 10.7 Å². The van der Waals surface area contributed by atoms with Crippen molar-refractivity contribution in [3.8, 4) is 5.75 Å². The van der Waals surface area contributed by atoms with Crippen LogP contribution < -0.4 is 4.74 Å². The number of ether oxygens (including phenoxy) is 1. The van der Waals surface area contributed by atoms with E-state index < -0.39 is 20.6 Å². The highest BCUT2D eigenvalue weighted by molar-refractivity contribution is 8.13. The van der Waals surface area contributed by atoms with E-state index in [2.05, 4.69) is 0 Å². The van der Waals surface area contributed by atoms with Gasteiger partial charge in [-0.25, -0.2) is 12.8 Å². The van der Waals surface area contributed by atoms with Gasteiger partial charge in [0.1, 0.15) is 6.61 Å². The second-order valence-electron chi connectivity index (χ2n) is 4.35. The molecule has 21 heavy (non-hydrogen) atoms. The SMILES string of the molecule is O=S(=O)(Cl)Cc1cc(F)c(OCc2ccccc2)c(Cl)c1. The largest absolute Gasteiger partial charge is 0.484 e. The van der Waals surface area contributed by atoms with Crippen molar-refractivity contribution in [2.75, 3.05) is 0 Å². The molecule has 2 aromatic carbocycles. The molecule has 112 valence electrons. The van der Waals surface area contributed by atoms with E-state index in [1.807, 2.05) is 30.3 Å². The summed E-state index contributed by atoms with van der Waals surface area (Å²) in [6.07, 6.45) is 0. The second-order valence-corrected chi connectivity index (χ2v) is 7.53. The van der Waals surface area contributed by atoms with Gasteiger partial charge in [-0.3, -0.25) is 0 Å². The van der Waals surface area contributed by atoms with Gasteiger partial charge in [0.05, 0.1) is 10.8 Å². The van der Waals surface area contributed by atoms with Gasteiger partial charge in [-0.15, -0.1) is 0 Å². The molecular weight excluding hydrogens is 338 g/mol. The van der Waals surface area contributed by atoms with Crippen molar-refractivity contribution in [2.24, 2.45) is 0 Å². The molecule has 0 aliphatic rings. The molecule has 0 bridgehead atoms. The fourth-order valence-electron chi connectivity index (χ4n) is 1.76. The van der Waals surface area contributed by atoms with Gasteiger partial charge in [0.15, 0.2) is 11.6 Å². The Kier molecular flexibility index (Phi) is 5.08. The molecule has 0 N–H and O–H groups in total. The van der Waals surface area contributed by atoms with Gasteiger partial charge in [0.2, 0.25) is 9.05 Å². The Balaban J connectivity index is 2.17. The molecule has 0 saturated carbocycles. The van der Waals surface area contributed by atoms with Gasteiger partial charge in [-0.1, -0.05) is 41.9 Å². The lowest BCUT2D eigenvalue weighted by Gasteiger charge is -2.10. The Morgan fingerprint density at radius 3 is 2.33 bits per heavy atom. The molecule has 0 spiro atoms. The van der Waals surface area contributed by atoms with Crippen LogP contribution in [0.2, 0.25) is 5.02 Å². The second kappa shape index (κ2) is 6.64. The van der Waals surface area contributed by atoms with Crippen molar-refractivity contribution < 1.29 is 17.5 Å². The van der Waals surface area contributed by atoms with Gasteiger partial charge in [-0.05, 0) is 23.3 Å². The first-order valence-corrected chi connectivity index (χ1v) is 8.78. The molecule has 7 heteroatoms. The fraction of sp³-hybridized carbons (Fsp3) is 0.143. The van der Waals surface area contributed by atoms with Crippen LogP contribution in [0.15, 0.2) is 42.5 Å². The highest BCUT2D eigenvalue weighted by Crippen LogP contribution is 2.31. The van der Waals surface area contributed by atoms with E-state index in [1.54, 1.807) is 0 Å². The first-order valence-electron chi connectivity index (χ1n) is 5.92. The first-order chi connectivity index (χ1) is 9.85. The van der Waals surface area contributed by atoms with E-state index >= 15 is 0 Å². The fourth-order valence-corrected chi connectivity index (χ4v) is 2.99. The molecule has 0 aromatic heterocycles. The zero-order valence-electron chi connectivity index (χ0n) is 10.7. The summed E-state index contributed by atoms with van der Waals surface area (Å²) >= 11 is 5.93. The molecule has 0 amide bonds. The molecule has 2 aromatic rings. The van der Waals surface area contributed by atoms with Gasteiger partial charge in [-0.2, -0.15) is 0 Å². The molecule has 2 rings (SSSR count). The van der Waals surface area contributed by atoms with Crippen LogP contribution in [-0.4, -0.2) is 8.42 Å². The average molecular weight is 349 g/mol. The van der Waals surface area contributed by atoms with Crippen LogP contribution in [0.4, 0.5) is 4.39 Å². The maximum atomic E-state index is 13.9. The summed E-state index contributed by atoms with van der Waals surface area (Å²) in [5.74, 6) is -1.34. The lowest BCUT2D eigenvalue weighted by molar-refractivity contribution is 0.290. The number of hydrogen-bond acceptors (Lipinski definition) is 3. The molecule has 0 atom stereocenters. The maximum absolute atomic E-state index is 13.9. The summed E-state index contributed by atoms with van der Waals surface area (Å²) < 4.78 is 41.3. The summed E-state index contributed by atoms with van der Waals surface area (Å²) in [4.78, 5) is 0. The van der Waals surface area contributed by atoms with Crippen molar-refractivity contribution in [3.05, 3.63) is 64.4 Å². The van der Waals surface area contributed by atoms with Crippen LogP contribution in [-0.2, 0) is 21.4 Å². The van der Waals surface area contributed by atoms with E-state index in [0.29, 0.717) is 0 Å². The van der Waals surface area contributed by atoms with Crippen LogP contribution in [0.3, 0.4) is 0 Å². The standard InChI is InChI=1S/C14H11Cl2FO3S/c15-12-6-11(9-21(16,18)19)7-13(17)14(12)20-8-10-4-2-1-3-5-10/h1-7H,8-9H2. The zero-order chi connectivity index (χ0) is 15.5. The van der Waals surface area contributed by atoms with E-state index in [9.17, 15) is 12.8 Å². The van der Waals surface area contributed by atoms with Crippen LogP contribution in [0.5, 0.6) is 5.75 Å². The number of halogens is 3. The van der Waals surface area contributed by atoms with Gasteiger partial charge >= 0.3 is 0 Å². The highest BCUT2D eigenvalue weighted by atomic mass is 35.7. The number of hydrogen-bond donors (Lipinski definition) is 0. The Hall–Kier alpha value is -1.30. The lowest BCUT2D eigenvalue weighted by atomic mass is 10.2. The molecular formula is C14H11Cl2FO3S. The topological polar surface area (TPSA) is 43.4 Å². The summed E-state index contributed by atoms with van der Waals surface area (Å²) in [5.41, 5.74) is 1.03. The molecule has 0 saturated heterocycles. The van der Waals surface area contributed by atoms with Crippen molar-refractivity contribution in [3.63, 3.8) is 0 Å². The van der Waals surface area contributed by atoms with Crippen LogP contribution in [0.25, 0.3) is 0 Å². The third-order valence-corrected chi connectivity index (χ3v) is 3.91. The third-order valence-electron chi connectivity index (χ3n) is 2.62. The minimum absolute atomic E-state index is 0.00116. The van der Waals surface area contributed by atoms with E-state index in [1.165, 1.54) is 6.07 Å². The average Bonchev–Trinajstić information content (AvgIpc) is 2.37. The smallest absolute Gasteiger partial charge is 0.236 e. The summed E-state index contributed by atoms with van der Waals surface area (Å²) in [7, 11) is 1.36. The highest BCUT2D eigenvalue weighted by Gasteiger charge is 2.15. The minimum Gasteiger partial charge on any atom is -0.484 e. The Morgan fingerprint density at radius 2 is 1.76 bits per heavy atom. The predicted octanol–water partition coefficient (Wildman–Crippen LogP) is 4.13. The van der Waals surface area contributed by atoms with Crippen LogP contribution in [0.1, 0.15) is 11.1 Å². The molecule has 3 nitrogen and oxygen atoms in total. The van der Waals surface area contributed by atoms with Gasteiger partial charge < -0.3 is 4.74 Å². The quantitative estimate of drug-likeness (QED) is 0.763. The Morgan fingerprint density at radius 1 is 1.10 bits per heavy atom. The van der Waals surface area contributed by atoms with Crippen molar-refractivity contribution >= 4 is 31.3 Å². The number of benzene rings is 2. The molecule has 0 radical (unpaired) electrons. The Bertz CT molecular complexity index is 710. The van der Waals surface area contributed by atoms with Crippen LogP contribution in [0, 0.1) is 5.82 Å². The monoisotopic (exact) mass is 348 g/mol. The molecule has 0 heterocycles. The maximum Gasteiger partial charge on any atom is 0.236 e. The predicted molar refractivity (Wildman–Crippen MR) is 80.7 cm³/mol. The third kappa shape index (κ3) is 4.88. The molecule has 0 aliphatic heterocycles. The zero-order valence-corrected chi connectivity index (χ0v) is 13.1. The van der Waals surface area contributed by atoms with E-state index in [4.69, 9.17) is 27.0 Å². The summed E-state index contributed by atoms with van der Waals surface area (Å²) in [6.45, 7) is 0.157. The van der Waals surface area contributed by atoms with Crippen molar-refractivity contribution in [2.45, 2.75) is 12.4 Å². The molecule has 0 fully saturated rings. The van der Waals surface area contributed by atoms with E-state index in [-0.39, 0.29) is 22.9 Å². The normalized spacial score (nSPS) is 11.4. The molecule has 0 unspecified atom stereocenters. The minimum atomic E-state index is -3.77. The first kappa shape index (κ1) is 16.1. The Labute approximate surface area is 131 Å². The van der Waals surface area contributed by atoms with Gasteiger partial charge in [0.25, 0.3) is 0 Å². The van der Waals surface area contributed by atoms with Crippen molar-refractivity contribution in [1.29, 1.82) is 0 Å².